The van der Waals surface area contributed by atoms with Crippen LogP contribution in [0.4, 0.5) is 0 Å². The quantitative estimate of drug-likeness (QED) is 0.473. The Bertz CT molecular complexity index is 340. The summed E-state index contributed by atoms with van der Waals surface area (Å²) in [4.78, 5) is 22.4. The van der Waals surface area contributed by atoms with Crippen LogP contribution in [0, 0.1) is 0 Å². The lowest BCUT2D eigenvalue weighted by Gasteiger charge is -2.22. The van der Waals surface area contributed by atoms with Crippen LogP contribution in [0.3, 0.4) is 0 Å². The number of carbonyl (C=O) groups excluding carboxylic acids is 2. The lowest BCUT2D eigenvalue weighted by molar-refractivity contribution is -0.160. The Labute approximate surface area is 129 Å². The number of hydrogen-bond acceptors (Lipinski definition) is 6. The van der Waals surface area contributed by atoms with Crippen molar-refractivity contribution in [1.29, 1.82) is 0 Å². The number of esters is 2. The monoisotopic (exact) mass is 320 g/mol. The van der Waals surface area contributed by atoms with E-state index in [1.807, 2.05) is 5.41 Å². The summed E-state index contributed by atoms with van der Waals surface area (Å²) in [6.45, 7) is 9.25. The Morgan fingerprint density at radius 3 is 2.55 bits per heavy atom. The minimum absolute atomic E-state index is 0.0508. The van der Waals surface area contributed by atoms with Crippen LogP contribution in [0.5, 0.6) is 0 Å². The van der Waals surface area contributed by atoms with E-state index in [9.17, 15) is 9.59 Å². The van der Waals surface area contributed by atoms with Gasteiger partial charge in [-0.05, 0) is 31.8 Å². The highest BCUT2D eigenvalue weighted by Crippen LogP contribution is 2.28. The molecule has 0 rings (SSSR count). The van der Waals surface area contributed by atoms with E-state index >= 15 is 0 Å². The molecule has 0 heterocycles. The zero-order valence-electron chi connectivity index (χ0n) is 12.8. The molecule has 6 heteroatoms. The van der Waals surface area contributed by atoms with E-state index in [0.717, 1.165) is 6.42 Å². The standard InChI is InChI=1S/C14H24O4S2/c1-6-11(2)20-19-9-7-8-17-13(16)10-14(4,5)18-12(3)15/h7,9,11H,6,8,10H2,1-5H3/b9-7+/t11-/m1/s1. The van der Waals surface area contributed by atoms with Crippen molar-refractivity contribution < 1.29 is 19.1 Å². The third kappa shape index (κ3) is 11.2. The van der Waals surface area contributed by atoms with E-state index in [-0.39, 0.29) is 19.0 Å². The van der Waals surface area contributed by atoms with Gasteiger partial charge in [0.15, 0.2) is 0 Å². The molecule has 0 saturated carbocycles. The van der Waals surface area contributed by atoms with Crippen LogP contribution in [-0.4, -0.2) is 29.4 Å². The third-order valence-corrected chi connectivity index (χ3v) is 5.01. The summed E-state index contributed by atoms with van der Waals surface area (Å²) in [5.41, 5.74) is -0.826. The van der Waals surface area contributed by atoms with Crippen LogP contribution in [0.1, 0.15) is 47.5 Å². The van der Waals surface area contributed by atoms with Gasteiger partial charge in [0.25, 0.3) is 0 Å². The van der Waals surface area contributed by atoms with Gasteiger partial charge in [0.05, 0.1) is 6.42 Å². The van der Waals surface area contributed by atoms with Gasteiger partial charge in [0, 0.05) is 12.2 Å². The zero-order chi connectivity index (χ0) is 15.6. The van der Waals surface area contributed by atoms with Gasteiger partial charge in [-0.2, -0.15) is 0 Å². The maximum Gasteiger partial charge on any atom is 0.310 e. The lowest BCUT2D eigenvalue weighted by Crippen LogP contribution is -2.30. The molecule has 0 N–H and O–H groups in total. The van der Waals surface area contributed by atoms with Crippen molar-refractivity contribution in [2.45, 2.75) is 58.3 Å². The second-order valence-electron chi connectivity index (χ2n) is 5.00. The predicted molar refractivity (Wildman–Crippen MR) is 85.5 cm³/mol. The maximum absolute atomic E-state index is 11.6. The van der Waals surface area contributed by atoms with Gasteiger partial charge < -0.3 is 9.47 Å². The van der Waals surface area contributed by atoms with E-state index in [0.29, 0.717) is 5.25 Å². The van der Waals surface area contributed by atoms with E-state index in [2.05, 4.69) is 13.8 Å². The van der Waals surface area contributed by atoms with Crippen LogP contribution in [0.25, 0.3) is 0 Å². The molecular formula is C14H24O4S2. The first-order valence-corrected chi connectivity index (χ1v) is 8.86. The van der Waals surface area contributed by atoms with E-state index < -0.39 is 11.6 Å². The Morgan fingerprint density at radius 1 is 1.35 bits per heavy atom. The van der Waals surface area contributed by atoms with E-state index in [1.165, 1.54) is 6.92 Å². The van der Waals surface area contributed by atoms with Crippen LogP contribution < -0.4 is 0 Å². The fourth-order valence-corrected chi connectivity index (χ4v) is 3.19. The molecule has 0 bridgehead atoms. The molecule has 0 amide bonds. The molecule has 0 unspecified atom stereocenters. The molecule has 0 aliphatic rings. The Kier molecular flexibility index (Phi) is 9.84. The first-order valence-electron chi connectivity index (χ1n) is 6.59. The average molecular weight is 320 g/mol. The van der Waals surface area contributed by atoms with Crippen LogP contribution in [0.2, 0.25) is 0 Å². The summed E-state index contributed by atoms with van der Waals surface area (Å²) in [5.74, 6) is -0.776. The van der Waals surface area contributed by atoms with Gasteiger partial charge in [0.1, 0.15) is 12.2 Å². The Balaban J connectivity index is 3.83. The number of ether oxygens (including phenoxy) is 2. The summed E-state index contributed by atoms with van der Waals surface area (Å²) in [7, 11) is 3.42. The smallest absolute Gasteiger partial charge is 0.310 e. The number of hydrogen-bond donors (Lipinski definition) is 0. The molecule has 0 spiro atoms. The Morgan fingerprint density at radius 2 is 2.00 bits per heavy atom. The van der Waals surface area contributed by atoms with Gasteiger partial charge >= 0.3 is 11.9 Å². The molecule has 0 aromatic heterocycles. The Hall–Kier alpha value is -0.620. The van der Waals surface area contributed by atoms with Crippen molar-refractivity contribution in [2.75, 3.05) is 6.61 Å². The molecule has 0 aliphatic carbocycles. The highest BCUT2D eigenvalue weighted by atomic mass is 33.1. The molecule has 0 aliphatic heterocycles. The molecule has 0 aromatic carbocycles. The lowest BCUT2D eigenvalue weighted by atomic mass is 10.1. The number of carbonyl (C=O) groups is 2. The van der Waals surface area contributed by atoms with Crippen molar-refractivity contribution in [3.05, 3.63) is 11.5 Å². The first kappa shape index (κ1) is 19.4. The third-order valence-electron chi connectivity index (χ3n) is 2.28. The largest absolute Gasteiger partial charge is 0.461 e. The molecule has 20 heavy (non-hydrogen) atoms. The summed E-state index contributed by atoms with van der Waals surface area (Å²) < 4.78 is 10.1. The molecular weight excluding hydrogens is 296 g/mol. The molecule has 0 radical (unpaired) electrons. The fraction of sp³-hybridized carbons (Fsp3) is 0.714. The normalized spacial score (nSPS) is 13.2. The topological polar surface area (TPSA) is 52.6 Å². The molecule has 0 aromatic rings. The molecule has 0 fully saturated rings. The minimum Gasteiger partial charge on any atom is -0.461 e. The van der Waals surface area contributed by atoms with Crippen molar-refractivity contribution >= 4 is 33.5 Å². The molecule has 1 atom stereocenters. The summed E-state index contributed by atoms with van der Waals surface area (Å²) in [6, 6.07) is 0. The SMILES string of the molecule is CC[C@@H](C)SS/C=C/COC(=O)CC(C)(C)OC(C)=O. The first-order chi connectivity index (χ1) is 9.26. The van der Waals surface area contributed by atoms with Crippen molar-refractivity contribution in [2.24, 2.45) is 0 Å². The molecule has 0 saturated heterocycles. The van der Waals surface area contributed by atoms with Crippen molar-refractivity contribution in [3.8, 4) is 0 Å². The predicted octanol–water partition coefficient (Wildman–Crippen LogP) is 3.96. The summed E-state index contributed by atoms with van der Waals surface area (Å²) in [5, 5.41) is 2.53. The second-order valence-corrected chi connectivity index (χ2v) is 7.61. The van der Waals surface area contributed by atoms with Gasteiger partial charge in [-0.1, -0.05) is 35.4 Å². The van der Waals surface area contributed by atoms with Crippen molar-refractivity contribution in [3.63, 3.8) is 0 Å². The second kappa shape index (κ2) is 10.2. The van der Waals surface area contributed by atoms with Gasteiger partial charge in [-0.15, -0.1) is 0 Å². The van der Waals surface area contributed by atoms with Crippen LogP contribution in [0.15, 0.2) is 11.5 Å². The minimum atomic E-state index is -0.826. The van der Waals surface area contributed by atoms with Gasteiger partial charge in [-0.25, -0.2) is 0 Å². The average Bonchev–Trinajstić information content (AvgIpc) is 2.30. The molecule has 4 nitrogen and oxygen atoms in total. The molecule has 116 valence electrons. The fourth-order valence-electron chi connectivity index (χ4n) is 1.24. The zero-order valence-corrected chi connectivity index (χ0v) is 14.4. The number of rotatable bonds is 9. The van der Waals surface area contributed by atoms with E-state index in [1.54, 1.807) is 41.5 Å². The van der Waals surface area contributed by atoms with Crippen molar-refractivity contribution in [1.82, 2.24) is 0 Å². The van der Waals surface area contributed by atoms with Gasteiger partial charge in [0.2, 0.25) is 0 Å². The highest BCUT2D eigenvalue weighted by molar-refractivity contribution is 8.78. The maximum atomic E-state index is 11.6. The summed E-state index contributed by atoms with van der Waals surface area (Å²) in [6.07, 6.45) is 2.98. The van der Waals surface area contributed by atoms with Crippen LogP contribution >= 0.6 is 21.6 Å². The van der Waals surface area contributed by atoms with Gasteiger partial charge in [-0.3, -0.25) is 9.59 Å². The van der Waals surface area contributed by atoms with E-state index in [4.69, 9.17) is 9.47 Å². The highest BCUT2D eigenvalue weighted by Gasteiger charge is 2.25. The van der Waals surface area contributed by atoms with Crippen LogP contribution in [-0.2, 0) is 19.1 Å². The summed E-state index contributed by atoms with van der Waals surface area (Å²) >= 11 is 0.